The highest BCUT2D eigenvalue weighted by Crippen LogP contribution is 2.31. The normalized spacial score (nSPS) is 23.8. The molecular formula is C19H24N4O. The minimum atomic E-state index is 0.236. The Morgan fingerprint density at radius 1 is 1.12 bits per heavy atom. The molecule has 126 valence electrons. The molecule has 2 unspecified atom stereocenters. The Morgan fingerprint density at radius 2 is 2.00 bits per heavy atom. The molecule has 2 aromatic rings. The molecule has 0 spiro atoms. The molecule has 0 amide bonds. The van der Waals surface area contributed by atoms with Crippen molar-refractivity contribution in [2.75, 3.05) is 31.1 Å². The summed E-state index contributed by atoms with van der Waals surface area (Å²) in [5, 5.41) is 3.63. The van der Waals surface area contributed by atoms with Crippen molar-refractivity contribution in [3.63, 3.8) is 0 Å². The second-order valence-corrected chi connectivity index (χ2v) is 6.53. The summed E-state index contributed by atoms with van der Waals surface area (Å²) in [6, 6.07) is 11.0. The quantitative estimate of drug-likeness (QED) is 0.935. The van der Waals surface area contributed by atoms with Gasteiger partial charge in [0.1, 0.15) is 0 Å². The van der Waals surface area contributed by atoms with Crippen LogP contribution in [0.2, 0.25) is 0 Å². The fraction of sp³-hybridized carbons (Fsp3) is 0.474. The maximum absolute atomic E-state index is 6.04. The van der Waals surface area contributed by atoms with Crippen molar-refractivity contribution in [2.24, 2.45) is 0 Å². The van der Waals surface area contributed by atoms with Gasteiger partial charge in [0.05, 0.1) is 12.7 Å². The molecule has 0 bridgehead atoms. The van der Waals surface area contributed by atoms with E-state index in [1.54, 1.807) is 0 Å². The Bertz CT molecular complexity index is 663. The van der Waals surface area contributed by atoms with Crippen LogP contribution in [0, 0.1) is 0 Å². The molecule has 0 aliphatic carbocycles. The summed E-state index contributed by atoms with van der Waals surface area (Å²) >= 11 is 0. The summed E-state index contributed by atoms with van der Waals surface area (Å²) in [5.41, 5.74) is 2.83. The van der Waals surface area contributed by atoms with E-state index in [-0.39, 0.29) is 6.10 Å². The summed E-state index contributed by atoms with van der Waals surface area (Å²) in [6.45, 7) is 3.73. The van der Waals surface area contributed by atoms with Crippen LogP contribution in [0.15, 0.2) is 42.7 Å². The highest BCUT2D eigenvalue weighted by Gasteiger charge is 2.25. The zero-order valence-corrected chi connectivity index (χ0v) is 13.9. The third-order valence-corrected chi connectivity index (χ3v) is 4.96. The first-order valence-corrected chi connectivity index (χ1v) is 8.85. The number of nitrogens with one attached hydrogen (secondary N) is 1. The first kappa shape index (κ1) is 15.5. The SMILES string of the molecule is c1cnc(N2CCNC(CCC3OCCc4ccccc43)C2)nc1. The number of aromatic nitrogens is 2. The second-order valence-electron chi connectivity index (χ2n) is 6.53. The largest absolute Gasteiger partial charge is 0.373 e. The number of benzene rings is 1. The van der Waals surface area contributed by atoms with Gasteiger partial charge in [-0.25, -0.2) is 9.97 Å². The number of hydrogen-bond acceptors (Lipinski definition) is 5. The summed E-state index contributed by atoms with van der Waals surface area (Å²) in [7, 11) is 0. The summed E-state index contributed by atoms with van der Waals surface area (Å²) in [6.07, 6.45) is 7.05. The van der Waals surface area contributed by atoms with Crippen LogP contribution in [0.4, 0.5) is 5.95 Å². The molecule has 1 fully saturated rings. The van der Waals surface area contributed by atoms with Gasteiger partial charge in [-0.15, -0.1) is 0 Å². The van der Waals surface area contributed by atoms with Gasteiger partial charge in [0.15, 0.2) is 0 Å². The van der Waals surface area contributed by atoms with Crippen LogP contribution in [-0.2, 0) is 11.2 Å². The van der Waals surface area contributed by atoms with Gasteiger partial charge in [0.25, 0.3) is 0 Å². The average Bonchev–Trinajstić information content (AvgIpc) is 2.67. The van der Waals surface area contributed by atoms with Crippen LogP contribution < -0.4 is 10.2 Å². The molecular weight excluding hydrogens is 300 g/mol. The number of hydrogen-bond donors (Lipinski definition) is 1. The van der Waals surface area contributed by atoms with E-state index >= 15 is 0 Å². The van der Waals surface area contributed by atoms with E-state index < -0.39 is 0 Å². The zero-order chi connectivity index (χ0) is 16.2. The predicted octanol–water partition coefficient (Wildman–Crippen LogP) is 2.35. The van der Waals surface area contributed by atoms with Crippen molar-refractivity contribution in [1.29, 1.82) is 0 Å². The number of fused-ring (bicyclic) bond motifs is 1. The van der Waals surface area contributed by atoms with Gasteiger partial charge in [-0.05, 0) is 36.5 Å². The summed E-state index contributed by atoms with van der Waals surface area (Å²) in [5.74, 6) is 0.836. The van der Waals surface area contributed by atoms with Crippen LogP contribution in [0.1, 0.15) is 30.1 Å². The molecule has 3 heterocycles. The fourth-order valence-corrected chi connectivity index (χ4v) is 3.72. The van der Waals surface area contributed by atoms with Crippen molar-refractivity contribution >= 4 is 5.95 Å². The standard InChI is InChI=1S/C19H24N4O/c1-2-5-17-15(4-1)8-13-24-18(17)7-6-16-14-23(12-11-20-16)19-21-9-3-10-22-19/h1-5,9-10,16,18,20H,6-8,11-14H2. The van der Waals surface area contributed by atoms with E-state index in [1.165, 1.54) is 11.1 Å². The maximum atomic E-state index is 6.04. The lowest BCUT2D eigenvalue weighted by molar-refractivity contribution is 0.0332. The maximum Gasteiger partial charge on any atom is 0.225 e. The van der Waals surface area contributed by atoms with Crippen LogP contribution >= 0.6 is 0 Å². The van der Waals surface area contributed by atoms with Crippen molar-refractivity contribution < 1.29 is 4.74 Å². The first-order valence-electron chi connectivity index (χ1n) is 8.85. The minimum Gasteiger partial charge on any atom is -0.373 e. The molecule has 1 aromatic carbocycles. The van der Waals surface area contributed by atoms with Gasteiger partial charge in [-0.3, -0.25) is 0 Å². The predicted molar refractivity (Wildman–Crippen MR) is 94.1 cm³/mol. The van der Waals surface area contributed by atoms with Crippen LogP contribution in [-0.4, -0.2) is 42.3 Å². The van der Waals surface area contributed by atoms with E-state index in [4.69, 9.17) is 4.74 Å². The molecule has 5 nitrogen and oxygen atoms in total. The topological polar surface area (TPSA) is 50.3 Å². The Balaban J connectivity index is 1.36. The van der Waals surface area contributed by atoms with Crippen molar-refractivity contribution in [2.45, 2.75) is 31.4 Å². The number of ether oxygens (including phenoxy) is 1. The Hall–Kier alpha value is -1.98. The Kier molecular flexibility index (Phi) is 4.71. The van der Waals surface area contributed by atoms with E-state index in [0.29, 0.717) is 6.04 Å². The van der Waals surface area contributed by atoms with Crippen LogP contribution in [0.25, 0.3) is 0 Å². The summed E-state index contributed by atoms with van der Waals surface area (Å²) < 4.78 is 6.04. The van der Waals surface area contributed by atoms with Crippen LogP contribution in [0.5, 0.6) is 0 Å². The number of rotatable bonds is 4. The van der Waals surface area contributed by atoms with Crippen molar-refractivity contribution in [3.8, 4) is 0 Å². The molecule has 24 heavy (non-hydrogen) atoms. The fourth-order valence-electron chi connectivity index (χ4n) is 3.72. The Morgan fingerprint density at radius 3 is 2.92 bits per heavy atom. The van der Waals surface area contributed by atoms with E-state index in [2.05, 4.69) is 44.5 Å². The molecule has 1 aromatic heterocycles. The Labute approximate surface area is 143 Å². The van der Waals surface area contributed by atoms with Gasteiger partial charge < -0.3 is 15.0 Å². The second kappa shape index (κ2) is 7.28. The van der Waals surface area contributed by atoms with E-state index in [9.17, 15) is 0 Å². The molecule has 5 heteroatoms. The van der Waals surface area contributed by atoms with Crippen molar-refractivity contribution in [1.82, 2.24) is 15.3 Å². The molecule has 2 aliphatic heterocycles. The van der Waals surface area contributed by atoms with Crippen LogP contribution in [0.3, 0.4) is 0 Å². The number of nitrogens with zero attached hydrogens (tertiary/aromatic N) is 3. The zero-order valence-electron chi connectivity index (χ0n) is 13.9. The molecule has 2 aliphatic rings. The monoisotopic (exact) mass is 324 g/mol. The minimum absolute atomic E-state index is 0.236. The van der Waals surface area contributed by atoms with Gasteiger partial charge in [0.2, 0.25) is 5.95 Å². The number of piperazine rings is 1. The molecule has 4 rings (SSSR count). The van der Waals surface area contributed by atoms with Gasteiger partial charge in [-0.2, -0.15) is 0 Å². The van der Waals surface area contributed by atoms with Gasteiger partial charge >= 0.3 is 0 Å². The lowest BCUT2D eigenvalue weighted by Crippen LogP contribution is -2.51. The highest BCUT2D eigenvalue weighted by atomic mass is 16.5. The molecule has 0 radical (unpaired) electrons. The molecule has 0 saturated carbocycles. The summed E-state index contributed by atoms with van der Waals surface area (Å²) in [4.78, 5) is 11.0. The molecule has 2 atom stereocenters. The van der Waals surface area contributed by atoms with Crippen molar-refractivity contribution in [3.05, 3.63) is 53.9 Å². The van der Waals surface area contributed by atoms with E-state index in [1.807, 2.05) is 18.5 Å². The highest BCUT2D eigenvalue weighted by molar-refractivity contribution is 5.31. The van der Waals surface area contributed by atoms with Gasteiger partial charge in [0, 0.05) is 38.1 Å². The third-order valence-electron chi connectivity index (χ3n) is 4.96. The molecule has 1 N–H and O–H groups in total. The van der Waals surface area contributed by atoms with Gasteiger partial charge in [-0.1, -0.05) is 24.3 Å². The number of anilines is 1. The average molecular weight is 324 g/mol. The first-order chi connectivity index (χ1) is 11.9. The lowest BCUT2D eigenvalue weighted by Gasteiger charge is -2.35. The van der Waals surface area contributed by atoms with E-state index in [0.717, 1.165) is 51.5 Å². The smallest absolute Gasteiger partial charge is 0.225 e. The third kappa shape index (κ3) is 3.42. The molecule has 1 saturated heterocycles. The lowest BCUT2D eigenvalue weighted by atomic mass is 9.93.